The van der Waals surface area contributed by atoms with Crippen LogP contribution in [0, 0.1) is 12.8 Å². The lowest BCUT2D eigenvalue weighted by Gasteiger charge is -2.13. The van der Waals surface area contributed by atoms with E-state index < -0.39 is 0 Å². The molecular weight excluding hydrogens is 260 g/mol. The molecule has 0 amide bonds. The summed E-state index contributed by atoms with van der Waals surface area (Å²) in [5.74, 6) is 0.560. The van der Waals surface area contributed by atoms with E-state index >= 15 is 0 Å². The van der Waals surface area contributed by atoms with Gasteiger partial charge in [0.1, 0.15) is 0 Å². The lowest BCUT2D eigenvalue weighted by molar-refractivity contribution is 0.701. The number of aryl methyl sites for hydroxylation is 1. The average Bonchev–Trinajstić information content (AvgIpc) is 2.30. The van der Waals surface area contributed by atoms with Gasteiger partial charge < -0.3 is 0 Å². The van der Waals surface area contributed by atoms with Gasteiger partial charge in [-0.25, -0.2) is 0 Å². The number of hydrogen-bond acceptors (Lipinski definition) is 1. The smallest absolute Gasteiger partial charge is 0.0412 e. The molecule has 0 N–H and O–H groups in total. The van der Waals surface area contributed by atoms with E-state index in [0.29, 0.717) is 5.92 Å². The molecule has 1 rings (SSSR count). The quantitative estimate of drug-likeness (QED) is 0.610. The molecule has 0 spiro atoms. The van der Waals surface area contributed by atoms with Crippen LogP contribution in [0.25, 0.3) is 4.91 Å². The van der Waals surface area contributed by atoms with E-state index in [4.69, 9.17) is 11.6 Å². The Hall–Kier alpha value is -0.660. The molecule has 0 nitrogen and oxygen atoms in total. The molecule has 0 aliphatic heterocycles. The Balaban J connectivity index is 3.20. The Morgan fingerprint density at radius 3 is 2.72 bits per heavy atom. The normalized spacial score (nSPS) is 13.5. The van der Waals surface area contributed by atoms with Crippen LogP contribution in [-0.2, 0) is 0 Å². The number of thioether (sulfide) groups is 1. The van der Waals surface area contributed by atoms with Gasteiger partial charge in [-0.2, -0.15) is 0 Å². The van der Waals surface area contributed by atoms with E-state index in [1.807, 2.05) is 19.1 Å². The maximum absolute atomic E-state index is 6.11. The topological polar surface area (TPSA) is 0 Å². The Labute approximate surface area is 120 Å². The highest BCUT2D eigenvalue weighted by Gasteiger charge is 2.09. The second kappa shape index (κ2) is 7.06. The van der Waals surface area contributed by atoms with Gasteiger partial charge in [-0.15, -0.1) is 0 Å². The van der Waals surface area contributed by atoms with Crippen LogP contribution < -0.4 is 0 Å². The lowest BCUT2D eigenvalue weighted by Crippen LogP contribution is -1.91. The Kier molecular flexibility index (Phi) is 6.04. The zero-order valence-corrected chi connectivity index (χ0v) is 13.2. The maximum atomic E-state index is 6.11. The van der Waals surface area contributed by atoms with Gasteiger partial charge in [-0.05, 0) is 47.9 Å². The highest BCUT2D eigenvalue weighted by atomic mass is 35.5. The Morgan fingerprint density at radius 2 is 2.17 bits per heavy atom. The highest BCUT2D eigenvalue weighted by Crippen LogP contribution is 2.36. The Morgan fingerprint density at radius 1 is 1.50 bits per heavy atom. The third-order valence-corrected chi connectivity index (χ3v) is 3.99. The molecule has 0 heterocycles. The van der Waals surface area contributed by atoms with Crippen molar-refractivity contribution in [2.75, 3.05) is 0 Å². The molecule has 0 aliphatic rings. The second-order valence-corrected chi connectivity index (χ2v) is 6.46. The summed E-state index contributed by atoms with van der Waals surface area (Å²) >= 11 is 7.84. The molecule has 0 saturated carbocycles. The van der Waals surface area contributed by atoms with Crippen molar-refractivity contribution >= 4 is 28.3 Å². The third kappa shape index (κ3) is 4.55. The summed E-state index contributed by atoms with van der Waals surface area (Å²) in [4.78, 5) is 2.36. The van der Waals surface area contributed by atoms with E-state index in [2.05, 4.69) is 39.5 Å². The number of hydrogen-bond donors (Lipinski definition) is 0. The van der Waals surface area contributed by atoms with Crippen LogP contribution in [-0.4, -0.2) is 0 Å². The minimum atomic E-state index is 0.560. The van der Waals surface area contributed by atoms with E-state index in [1.165, 1.54) is 16.0 Å². The number of benzene rings is 1. The summed E-state index contributed by atoms with van der Waals surface area (Å²) in [6.07, 6.45) is 3.46. The van der Waals surface area contributed by atoms with Gasteiger partial charge >= 0.3 is 0 Å². The van der Waals surface area contributed by atoms with Gasteiger partial charge in [0.05, 0.1) is 0 Å². The van der Waals surface area contributed by atoms with Crippen molar-refractivity contribution in [3.05, 3.63) is 51.9 Å². The standard InChI is InChI=1S/C16H21ClS/c1-6-12(4)9-16(18-11(2)3)15-10-14(17)8-7-13(15)5/h7-10,12H,2,6H2,1,3-5H3/b16-9-. The van der Waals surface area contributed by atoms with Crippen LogP contribution in [0.4, 0.5) is 0 Å². The minimum Gasteiger partial charge on any atom is -0.0952 e. The molecule has 1 unspecified atom stereocenters. The molecule has 0 radical (unpaired) electrons. The van der Waals surface area contributed by atoms with Crippen molar-refractivity contribution in [3.63, 3.8) is 0 Å². The summed E-state index contributed by atoms with van der Waals surface area (Å²) in [7, 11) is 0. The molecule has 1 atom stereocenters. The zero-order valence-electron chi connectivity index (χ0n) is 11.6. The van der Waals surface area contributed by atoms with Crippen molar-refractivity contribution in [2.45, 2.75) is 34.1 Å². The van der Waals surface area contributed by atoms with Crippen LogP contribution in [0.3, 0.4) is 0 Å². The fraction of sp³-hybridized carbons (Fsp3) is 0.375. The van der Waals surface area contributed by atoms with Crippen molar-refractivity contribution in [1.29, 1.82) is 0 Å². The van der Waals surface area contributed by atoms with E-state index in [9.17, 15) is 0 Å². The SMILES string of the molecule is C=C(C)S/C(=C\C(C)CC)c1cc(Cl)ccc1C. The van der Waals surface area contributed by atoms with Gasteiger partial charge in [0, 0.05) is 9.93 Å². The molecule has 98 valence electrons. The minimum absolute atomic E-state index is 0.560. The maximum Gasteiger partial charge on any atom is 0.0412 e. The molecule has 0 bridgehead atoms. The third-order valence-electron chi connectivity index (χ3n) is 2.83. The zero-order chi connectivity index (χ0) is 13.7. The number of allylic oxidation sites excluding steroid dienone is 2. The van der Waals surface area contributed by atoms with Gasteiger partial charge in [0.25, 0.3) is 0 Å². The summed E-state index contributed by atoms with van der Waals surface area (Å²) in [6.45, 7) is 12.6. The van der Waals surface area contributed by atoms with Crippen LogP contribution in [0.15, 0.2) is 35.8 Å². The molecule has 2 heteroatoms. The van der Waals surface area contributed by atoms with Gasteiger partial charge in [-0.3, -0.25) is 0 Å². The molecule has 0 aliphatic carbocycles. The lowest BCUT2D eigenvalue weighted by atomic mass is 10.0. The number of halogens is 1. The molecular formula is C16H21ClS. The highest BCUT2D eigenvalue weighted by molar-refractivity contribution is 8.11. The summed E-state index contributed by atoms with van der Waals surface area (Å²) in [6, 6.07) is 6.05. The van der Waals surface area contributed by atoms with Crippen LogP contribution in [0.2, 0.25) is 5.02 Å². The van der Waals surface area contributed by atoms with Crippen LogP contribution >= 0.6 is 23.4 Å². The van der Waals surface area contributed by atoms with Crippen molar-refractivity contribution in [2.24, 2.45) is 5.92 Å². The molecule has 18 heavy (non-hydrogen) atoms. The average molecular weight is 281 g/mol. The largest absolute Gasteiger partial charge is 0.0952 e. The van der Waals surface area contributed by atoms with Gasteiger partial charge in [0.15, 0.2) is 0 Å². The van der Waals surface area contributed by atoms with E-state index in [-0.39, 0.29) is 0 Å². The predicted molar refractivity (Wildman–Crippen MR) is 86.0 cm³/mol. The molecule has 0 saturated heterocycles. The van der Waals surface area contributed by atoms with Crippen molar-refractivity contribution in [1.82, 2.24) is 0 Å². The fourth-order valence-corrected chi connectivity index (χ4v) is 2.78. The first-order chi connectivity index (χ1) is 8.43. The molecule has 0 aromatic heterocycles. The molecule has 1 aromatic carbocycles. The Bertz CT molecular complexity index is 460. The second-order valence-electron chi connectivity index (χ2n) is 4.68. The van der Waals surface area contributed by atoms with Crippen molar-refractivity contribution in [3.8, 4) is 0 Å². The predicted octanol–water partition coefficient (Wildman–Crippen LogP) is 6.30. The first-order valence-electron chi connectivity index (χ1n) is 6.25. The first-order valence-corrected chi connectivity index (χ1v) is 7.45. The van der Waals surface area contributed by atoms with Crippen LogP contribution in [0.1, 0.15) is 38.3 Å². The summed E-state index contributed by atoms with van der Waals surface area (Å²) in [5, 5.41) is 0.785. The van der Waals surface area contributed by atoms with Gasteiger partial charge in [0.2, 0.25) is 0 Å². The summed E-state index contributed by atoms with van der Waals surface area (Å²) in [5.41, 5.74) is 2.47. The van der Waals surface area contributed by atoms with Crippen molar-refractivity contribution < 1.29 is 0 Å². The fourth-order valence-electron chi connectivity index (χ4n) is 1.60. The van der Waals surface area contributed by atoms with Gasteiger partial charge in [-0.1, -0.05) is 62.4 Å². The van der Waals surface area contributed by atoms with Crippen LogP contribution in [0.5, 0.6) is 0 Å². The number of rotatable bonds is 5. The monoisotopic (exact) mass is 280 g/mol. The van der Waals surface area contributed by atoms with E-state index in [0.717, 1.165) is 16.3 Å². The molecule has 0 fully saturated rings. The summed E-state index contributed by atoms with van der Waals surface area (Å²) < 4.78 is 0. The molecule has 1 aromatic rings. The first kappa shape index (κ1) is 15.4. The van der Waals surface area contributed by atoms with E-state index in [1.54, 1.807) is 11.8 Å².